The second kappa shape index (κ2) is 6.07. The number of hydrogen-bond donors (Lipinski definition) is 1. The van der Waals surface area contributed by atoms with Crippen molar-refractivity contribution >= 4 is 17.3 Å². The van der Waals surface area contributed by atoms with Gasteiger partial charge in [0.1, 0.15) is 11.6 Å². The molecule has 0 amide bonds. The number of nitro benzene ring substituents is 1. The van der Waals surface area contributed by atoms with Crippen molar-refractivity contribution in [2.24, 2.45) is 5.73 Å². The van der Waals surface area contributed by atoms with Gasteiger partial charge in [-0.1, -0.05) is 23.7 Å². The first-order valence-corrected chi connectivity index (χ1v) is 6.44. The van der Waals surface area contributed by atoms with E-state index in [1.54, 1.807) is 6.92 Å². The fraction of sp³-hybridized carbons (Fsp3) is 0.143. The highest BCUT2D eigenvalue weighted by molar-refractivity contribution is 6.32. The van der Waals surface area contributed by atoms with Crippen LogP contribution in [0.3, 0.4) is 0 Å². The topological polar surface area (TPSA) is 78.4 Å². The Morgan fingerprint density at radius 3 is 2.62 bits per heavy atom. The Balaban J connectivity index is 2.54. The Labute approximate surface area is 125 Å². The molecule has 0 aliphatic carbocycles. The van der Waals surface area contributed by atoms with Gasteiger partial charge in [0.2, 0.25) is 5.75 Å². The highest BCUT2D eigenvalue weighted by Crippen LogP contribution is 2.40. The fourth-order valence-corrected chi connectivity index (χ4v) is 2.11. The first kappa shape index (κ1) is 15.2. The smallest absolute Gasteiger partial charge is 0.313 e. The molecule has 5 nitrogen and oxygen atoms in total. The summed E-state index contributed by atoms with van der Waals surface area (Å²) < 4.78 is 19.3. The highest BCUT2D eigenvalue weighted by atomic mass is 35.5. The molecule has 2 aromatic carbocycles. The maximum atomic E-state index is 13.8. The van der Waals surface area contributed by atoms with Gasteiger partial charge in [-0.2, -0.15) is 0 Å². The Hall–Kier alpha value is -2.18. The number of ether oxygens (including phenoxy) is 1. The largest absolute Gasteiger partial charge is 0.448 e. The highest BCUT2D eigenvalue weighted by Gasteiger charge is 2.22. The van der Waals surface area contributed by atoms with Crippen LogP contribution in [0.2, 0.25) is 5.02 Å². The summed E-state index contributed by atoms with van der Waals surface area (Å²) in [5.74, 6) is -0.588. The minimum Gasteiger partial charge on any atom is -0.448 e. The van der Waals surface area contributed by atoms with Gasteiger partial charge in [0, 0.05) is 17.7 Å². The molecule has 2 rings (SSSR count). The normalized spacial score (nSPS) is 12.0. The number of halogens is 2. The van der Waals surface area contributed by atoms with Gasteiger partial charge in [0.25, 0.3) is 0 Å². The van der Waals surface area contributed by atoms with E-state index in [9.17, 15) is 14.5 Å². The molecule has 0 spiro atoms. The Bertz CT molecular complexity index is 692. The number of para-hydroxylation sites is 1. The van der Waals surface area contributed by atoms with Crippen molar-refractivity contribution < 1.29 is 14.1 Å². The fourth-order valence-electron chi connectivity index (χ4n) is 1.90. The first-order chi connectivity index (χ1) is 9.91. The summed E-state index contributed by atoms with van der Waals surface area (Å²) in [6.45, 7) is 1.59. The molecule has 0 saturated carbocycles. The third-order valence-electron chi connectivity index (χ3n) is 2.82. The standard InChI is InChI=1S/C14H12ClFN2O3/c1-8(17)13-10(16)5-3-7-12(13)21-14-9(15)4-2-6-11(14)18(19)20/h2-8H,17H2,1H3. The molecule has 0 aliphatic rings. The van der Waals surface area contributed by atoms with E-state index in [-0.39, 0.29) is 27.8 Å². The van der Waals surface area contributed by atoms with Gasteiger partial charge in [-0.3, -0.25) is 10.1 Å². The van der Waals surface area contributed by atoms with Gasteiger partial charge in [-0.15, -0.1) is 0 Å². The van der Waals surface area contributed by atoms with E-state index in [1.165, 1.54) is 36.4 Å². The number of hydrogen-bond acceptors (Lipinski definition) is 4. The molecule has 21 heavy (non-hydrogen) atoms. The molecule has 7 heteroatoms. The lowest BCUT2D eigenvalue weighted by Gasteiger charge is -2.15. The molecule has 2 aromatic rings. The van der Waals surface area contributed by atoms with Crippen molar-refractivity contribution in [3.05, 3.63) is 62.9 Å². The maximum absolute atomic E-state index is 13.8. The molecule has 0 saturated heterocycles. The van der Waals surface area contributed by atoms with Crippen molar-refractivity contribution in [1.82, 2.24) is 0 Å². The SMILES string of the molecule is CC(N)c1c(F)cccc1Oc1c(Cl)cccc1[N+](=O)[O-]. The van der Waals surface area contributed by atoms with Gasteiger partial charge >= 0.3 is 5.69 Å². The predicted molar refractivity (Wildman–Crippen MR) is 77.2 cm³/mol. The van der Waals surface area contributed by atoms with Crippen molar-refractivity contribution in [2.75, 3.05) is 0 Å². The van der Waals surface area contributed by atoms with Crippen molar-refractivity contribution in [3.8, 4) is 11.5 Å². The molecule has 2 N–H and O–H groups in total. The summed E-state index contributed by atoms with van der Waals surface area (Å²) in [6.07, 6.45) is 0. The summed E-state index contributed by atoms with van der Waals surface area (Å²) in [5, 5.41) is 11.1. The van der Waals surface area contributed by atoms with Crippen LogP contribution in [0.25, 0.3) is 0 Å². The molecule has 0 bridgehead atoms. The van der Waals surface area contributed by atoms with E-state index < -0.39 is 16.8 Å². The van der Waals surface area contributed by atoms with Crippen LogP contribution in [-0.4, -0.2) is 4.92 Å². The number of benzene rings is 2. The van der Waals surface area contributed by atoms with Crippen LogP contribution in [0, 0.1) is 15.9 Å². The summed E-state index contributed by atoms with van der Waals surface area (Å²) in [7, 11) is 0. The summed E-state index contributed by atoms with van der Waals surface area (Å²) >= 11 is 5.94. The van der Waals surface area contributed by atoms with Gasteiger partial charge < -0.3 is 10.5 Å². The van der Waals surface area contributed by atoms with Gasteiger partial charge in [0.05, 0.1) is 9.95 Å². The molecule has 0 aromatic heterocycles. The van der Waals surface area contributed by atoms with E-state index in [4.69, 9.17) is 22.1 Å². The second-order valence-corrected chi connectivity index (χ2v) is 4.79. The molecule has 1 unspecified atom stereocenters. The third-order valence-corrected chi connectivity index (χ3v) is 3.12. The molecule has 0 radical (unpaired) electrons. The number of nitro groups is 1. The summed E-state index contributed by atoms with van der Waals surface area (Å²) in [4.78, 5) is 10.4. The molecule has 0 aliphatic heterocycles. The lowest BCUT2D eigenvalue weighted by molar-refractivity contribution is -0.385. The molecule has 0 fully saturated rings. The van der Waals surface area contributed by atoms with Gasteiger partial charge in [-0.25, -0.2) is 4.39 Å². The lowest BCUT2D eigenvalue weighted by atomic mass is 10.1. The van der Waals surface area contributed by atoms with E-state index in [2.05, 4.69) is 0 Å². The monoisotopic (exact) mass is 310 g/mol. The van der Waals surface area contributed by atoms with Crippen LogP contribution in [0.5, 0.6) is 11.5 Å². The first-order valence-electron chi connectivity index (χ1n) is 6.06. The minimum atomic E-state index is -0.636. The van der Waals surface area contributed by atoms with Crippen LogP contribution in [0.15, 0.2) is 36.4 Å². The summed E-state index contributed by atoms with van der Waals surface area (Å²) in [5.41, 5.74) is 5.55. The minimum absolute atomic E-state index is 0.0593. The van der Waals surface area contributed by atoms with Crippen molar-refractivity contribution in [3.63, 3.8) is 0 Å². The van der Waals surface area contributed by atoms with E-state index in [0.717, 1.165) is 0 Å². The molecule has 110 valence electrons. The van der Waals surface area contributed by atoms with Gasteiger partial charge in [-0.05, 0) is 25.1 Å². The van der Waals surface area contributed by atoms with E-state index in [0.29, 0.717) is 0 Å². The zero-order chi connectivity index (χ0) is 15.6. The maximum Gasteiger partial charge on any atom is 0.313 e. The van der Waals surface area contributed by atoms with E-state index in [1.807, 2.05) is 0 Å². The molecule has 0 heterocycles. The van der Waals surface area contributed by atoms with Crippen LogP contribution in [0.4, 0.5) is 10.1 Å². The van der Waals surface area contributed by atoms with Crippen LogP contribution < -0.4 is 10.5 Å². The molecule has 1 atom stereocenters. The van der Waals surface area contributed by atoms with Gasteiger partial charge in [0.15, 0.2) is 0 Å². The Kier molecular flexibility index (Phi) is 4.40. The van der Waals surface area contributed by atoms with E-state index >= 15 is 0 Å². The van der Waals surface area contributed by atoms with Crippen LogP contribution in [0.1, 0.15) is 18.5 Å². The zero-order valence-electron chi connectivity index (χ0n) is 11.0. The van der Waals surface area contributed by atoms with Crippen LogP contribution >= 0.6 is 11.6 Å². The Morgan fingerprint density at radius 1 is 1.33 bits per heavy atom. The average Bonchev–Trinajstić information content (AvgIpc) is 2.40. The zero-order valence-corrected chi connectivity index (χ0v) is 11.8. The summed E-state index contributed by atoms with van der Waals surface area (Å²) in [6, 6.07) is 7.66. The third kappa shape index (κ3) is 3.12. The second-order valence-electron chi connectivity index (χ2n) is 4.39. The average molecular weight is 311 g/mol. The van der Waals surface area contributed by atoms with Crippen LogP contribution in [-0.2, 0) is 0 Å². The predicted octanol–water partition coefficient (Wildman–Crippen LogP) is 4.20. The quantitative estimate of drug-likeness (QED) is 0.678. The number of rotatable bonds is 4. The number of nitrogens with zero attached hydrogens (tertiary/aromatic N) is 1. The Morgan fingerprint density at radius 2 is 2.00 bits per heavy atom. The number of nitrogens with two attached hydrogens (primary N) is 1. The molecular weight excluding hydrogens is 299 g/mol. The lowest BCUT2D eigenvalue weighted by Crippen LogP contribution is -2.09. The van der Waals surface area contributed by atoms with Crippen molar-refractivity contribution in [1.29, 1.82) is 0 Å². The molecular formula is C14H12ClFN2O3. The van der Waals surface area contributed by atoms with Crippen molar-refractivity contribution in [2.45, 2.75) is 13.0 Å².